The van der Waals surface area contributed by atoms with Gasteiger partial charge in [0.25, 0.3) is 18.0 Å². The number of amidine groups is 1. The van der Waals surface area contributed by atoms with Crippen molar-refractivity contribution in [2.75, 3.05) is 26.3 Å². The molecule has 1 saturated heterocycles. The van der Waals surface area contributed by atoms with E-state index in [9.17, 15) is 22.8 Å². The van der Waals surface area contributed by atoms with Crippen LogP contribution in [-0.4, -0.2) is 67.3 Å². The number of rotatable bonds is 5. The molecule has 0 saturated carbocycles. The number of hydrogen-bond donors (Lipinski definition) is 2. The summed E-state index contributed by atoms with van der Waals surface area (Å²) in [7, 11) is 0. The summed E-state index contributed by atoms with van der Waals surface area (Å²) >= 11 is 0. The van der Waals surface area contributed by atoms with Gasteiger partial charge in [0.1, 0.15) is 0 Å². The molecule has 2 N–H and O–H groups in total. The molecule has 2 amide bonds. The zero-order valence-corrected chi connectivity index (χ0v) is 17.3. The predicted molar refractivity (Wildman–Crippen MR) is 111 cm³/mol. The second-order valence-electron chi connectivity index (χ2n) is 7.49. The zero-order chi connectivity index (χ0) is 23.4. The van der Waals surface area contributed by atoms with Crippen molar-refractivity contribution < 1.29 is 32.3 Å². The maximum absolute atomic E-state index is 12.8. The number of carbonyl (C=O) groups excluding carboxylic acids is 2. The molecule has 2 aromatic rings. The topological polar surface area (TPSA) is 92.3 Å². The highest BCUT2D eigenvalue weighted by molar-refractivity contribution is 6.01. The van der Waals surface area contributed by atoms with E-state index in [0.29, 0.717) is 36.4 Å². The molecule has 0 aliphatic carbocycles. The minimum Gasteiger partial charge on any atom is -0.377 e. The maximum atomic E-state index is 12.8. The number of oxime groups is 1. The monoisotopic (exact) mass is 462 g/mol. The minimum absolute atomic E-state index is 0.0706. The van der Waals surface area contributed by atoms with E-state index < -0.39 is 12.4 Å². The van der Waals surface area contributed by atoms with Crippen molar-refractivity contribution in [2.24, 2.45) is 5.16 Å². The fraction of sp³-hybridized carbons (Fsp3) is 0.318. The normalized spacial score (nSPS) is 20.5. The van der Waals surface area contributed by atoms with Gasteiger partial charge in [-0.1, -0.05) is 35.5 Å². The number of hydrogen-bond acceptors (Lipinski definition) is 6. The third-order valence-electron chi connectivity index (χ3n) is 5.24. The summed E-state index contributed by atoms with van der Waals surface area (Å²) in [6.07, 6.45) is -6.79. The van der Waals surface area contributed by atoms with Crippen molar-refractivity contribution in [3.05, 3.63) is 71.3 Å². The molecule has 4 rings (SSSR count). The Morgan fingerprint density at radius 1 is 1.09 bits per heavy atom. The Kier molecular flexibility index (Phi) is 6.50. The number of morpholine rings is 1. The van der Waals surface area contributed by atoms with Crippen LogP contribution in [0.3, 0.4) is 0 Å². The van der Waals surface area contributed by atoms with Crippen LogP contribution in [0.25, 0.3) is 0 Å². The molecule has 2 aliphatic rings. The Bertz CT molecular complexity index is 1030. The third-order valence-corrected chi connectivity index (χ3v) is 5.24. The highest BCUT2D eigenvalue weighted by Gasteiger charge is 2.45. The van der Waals surface area contributed by atoms with E-state index in [4.69, 9.17) is 4.74 Å². The van der Waals surface area contributed by atoms with Crippen molar-refractivity contribution in [3.8, 4) is 0 Å². The fourth-order valence-corrected chi connectivity index (χ4v) is 3.49. The van der Waals surface area contributed by atoms with Gasteiger partial charge in [-0.2, -0.15) is 13.2 Å². The molecule has 2 atom stereocenters. The Hall–Kier alpha value is -3.60. The summed E-state index contributed by atoms with van der Waals surface area (Å²) < 4.78 is 43.5. The largest absolute Gasteiger partial charge is 0.448 e. The highest BCUT2D eigenvalue weighted by atomic mass is 19.4. The first-order chi connectivity index (χ1) is 15.8. The third kappa shape index (κ3) is 5.25. The Balaban J connectivity index is 1.35. The lowest BCUT2D eigenvalue weighted by atomic mass is 10.1. The SMILES string of the molecule is O=C(NCC1COCCN1C(=O)c1ccccc1)c1ccc(C2=NOC(C(F)(F)F)N2)cc1. The number of nitrogens with zero attached hydrogens (tertiary/aromatic N) is 2. The second-order valence-corrected chi connectivity index (χ2v) is 7.49. The van der Waals surface area contributed by atoms with Crippen molar-refractivity contribution in [2.45, 2.75) is 18.4 Å². The molecule has 2 heterocycles. The Labute approximate surface area is 187 Å². The van der Waals surface area contributed by atoms with Gasteiger partial charge in [-0.25, -0.2) is 0 Å². The van der Waals surface area contributed by atoms with Crippen molar-refractivity contribution >= 4 is 17.6 Å². The number of carbonyl (C=O) groups is 2. The van der Waals surface area contributed by atoms with E-state index in [0.717, 1.165) is 0 Å². The maximum Gasteiger partial charge on any atom is 0.448 e. The first kappa shape index (κ1) is 22.6. The van der Waals surface area contributed by atoms with Crippen LogP contribution >= 0.6 is 0 Å². The lowest BCUT2D eigenvalue weighted by Crippen LogP contribution is -2.53. The first-order valence-corrected chi connectivity index (χ1v) is 10.2. The van der Waals surface area contributed by atoms with Gasteiger partial charge in [0.05, 0.1) is 19.3 Å². The molecule has 0 bridgehead atoms. The van der Waals surface area contributed by atoms with Crippen molar-refractivity contribution in [3.63, 3.8) is 0 Å². The number of alkyl halides is 3. The summed E-state index contributed by atoms with van der Waals surface area (Å²) in [4.78, 5) is 31.4. The van der Waals surface area contributed by atoms with E-state index in [1.54, 1.807) is 29.2 Å². The molecule has 2 unspecified atom stereocenters. The van der Waals surface area contributed by atoms with Gasteiger partial charge in [0, 0.05) is 29.8 Å². The van der Waals surface area contributed by atoms with E-state index in [1.807, 2.05) is 6.07 Å². The Morgan fingerprint density at radius 3 is 2.48 bits per heavy atom. The lowest BCUT2D eigenvalue weighted by Gasteiger charge is -2.35. The van der Waals surface area contributed by atoms with E-state index in [2.05, 4.69) is 20.6 Å². The first-order valence-electron chi connectivity index (χ1n) is 10.2. The number of benzene rings is 2. The van der Waals surface area contributed by atoms with Crippen LogP contribution in [0, 0.1) is 0 Å². The van der Waals surface area contributed by atoms with Crippen LogP contribution in [-0.2, 0) is 9.57 Å². The number of nitrogens with one attached hydrogen (secondary N) is 2. The minimum atomic E-state index is -4.59. The second kappa shape index (κ2) is 9.49. The van der Waals surface area contributed by atoms with Crippen molar-refractivity contribution in [1.29, 1.82) is 0 Å². The van der Waals surface area contributed by atoms with Gasteiger partial charge in [0.15, 0.2) is 5.84 Å². The average Bonchev–Trinajstić information content (AvgIpc) is 3.34. The van der Waals surface area contributed by atoms with Gasteiger partial charge in [-0.05, 0) is 24.3 Å². The number of halogens is 3. The van der Waals surface area contributed by atoms with Crippen molar-refractivity contribution in [1.82, 2.24) is 15.5 Å². The van der Waals surface area contributed by atoms with Crippen LogP contribution in [0.15, 0.2) is 59.8 Å². The van der Waals surface area contributed by atoms with Gasteiger partial charge >= 0.3 is 6.18 Å². The molecule has 33 heavy (non-hydrogen) atoms. The molecule has 174 valence electrons. The van der Waals surface area contributed by atoms with Crippen LogP contribution in [0.1, 0.15) is 26.3 Å². The zero-order valence-electron chi connectivity index (χ0n) is 17.3. The molecule has 8 nitrogen and oxygen atoms in total. The molecule has 0 aromatic heterocycles. The molecule has 2 aromatic carbocycles. The molecular weight excluding hydrogens is 441 g/mol. The predicted octanol–water partition coefficient (Wildman–Crippen LogP) is 2.13. The van der Waals surface area contributed by atoms with E-state index in [-0.39, 0.29) is 30.2 Å². The number of amides is 2. The van der Waals surface area contributed by atoms with Gasteiger partial charge in [0.2, 0.25) is 0 Å². The summed E-state index contributed by atoms with van der Waals surface area (Å²) in [6.45, 7) is 1.32. The van der Waals surface area contributed by atoms with Crippen LogP contribution in [0.5, 0.6) is 0 Å². The highest BCUT2D eigenvalue weighted by Crippen LogP contribution is 2.24. The summed E-state index contributed by atoms with van der Waals surface area (Å²) in [5, 5.41) is 8.34. The summed E-state index contributed by atoms with van der Waals surface area (Å²) in [5.74, 6) is -0.588. The lowest BCUT2D eigenvalue weighted by molar-refractivity contribution is -0.218. The van der Waals surface area contributed by atoms with Crippen LogP contribution < -0.4 is 10.6 Å². The fourth-order valence-electron chi connectivity index (χ4n) is 3.49. The summed E-state index contributed by atoms with van der Waals surface area (Å²) in [6, 6.07) is 14.4. The molecule has 2 aliphatic heterocycles. The van der Waals surface area contributed by atoms with Gasteiger partial charge in [-0.15, -0.1) is 0 Å². The molecular formula is C22H21F3N4O4. The standard InChI is InChI=1S/C22H21F3N4O4/c23-22(24,25)21-27-18(28-33-21)14-6-8-15(9-7-14)19(30)26-12-17-13-32-11-10-29(17)20(31)16-4-2-1-3-5-16/h1-9,17,21H,10-13H2,(H,26,30)(H,27,28). The van der Waals surface area contributed by atoms with Gasteiger partial charge in [-0.3, -0.25) is 9.59 Å². The van der Waals surface area contributed by atoms with E-state index >= 15 is 0 Å². The number of ether oxygens (including phenoxy) is 1. The van der Waals surface area contributed by atoms with E-state index in [1.165, 1.54) is 24.3 Å². The molecule has 11 heteroatoms. The quantitative estimate of drug-likeness (QED) is 0.711. The average molecular weight is 462 g/mol. The summed E-state index contributed by atoms with van der Waals surface area (Å²) in [5.41, 5.74) is 1.22. The molecule has 0 spiro atoms. The molecule has 1 fully saturated rings. The van der Waals surface area contributed by atoms with Gasteiger partial charge < -0.3 is 25.1 Å². The van der Waals surface area contributed by atoms with Crippen LogP contribution in [0.4, 0.5) is 13.2 Å². The smallest absolute Gasteiger partial charge is 0.377 e. The Morgan fingerprint density at radius 2 is 1.82 bits per heavy atom. The van der Waals surface area contributed by atoms with Crippen LogP contribution in [0.2, 0.25) is 0 Å². The molecule has 0 radical (unpaired) electrons.